The Kier molecular flexibility index (Phi) is 62.1. The van der Waals surface area contributed by atoms with E-state index in [1.165, 1.54) is 180 Å². The molecule has 0 aliphatic heterocycles. The number of carbonyl (C=O) groups excluding carboxylic acids is 4. The first-order chi connectivity index (χ1) is 43.0. The van der Waals surface area contributed by atoms with Crippen LogP contribution >= 0.6 is 15.6 Å². The Balaban J connectivity index is 5.20. The van der Waals surface area contributed by atoms with Crippen molar-refractivity contribution in [1.29, 1.82) is 0 Å². The first kappa shape index (κ1) is 87.1. The van der Waals surface area contributed by atoms with Crippen molar-refractivity contribution in [2.75, 3.05) is 39.6 Å². The second kappa shape index (κ2) is 63.5. The Morgan fingerprint density at radius 2 is 0.517 bits per heavy atom. The molecule has 5 atom stereocenters. The van der Waals surface area contributed by atoms with Gasteiger partial charge in [-0.05, 0) is 31.6 Å². The van der Waals surface area contributed by atoms with E-state index in [0.717, 1.165) is 96.3 Å². The molecule has 528 valence electrons. The Labute approximate surface area is 543 Å². The topological polar surface area (TPSA) is 237 Å². The highest BCUT2D eigenvalue weighted by Crippen LogP contribution is 2.45. The van der Waals surface area contributed by atoms with Gasteiger partial charge in [0.2, 0.25) is 0 Å². The summed E-state index contributed by atoms with van der Waals surface area (Å²) in [4.78, 5) is 72.4. The van der Waals surface area contributed by atoms with E-state index in [1.807, 2.05) is 0 Å². The van der Waals surface area contributed by atoms with Crippen LogP contribution in [-0.2, 0) is 65.4 Å². The molecule has 0 aliphatic carbocycles. The zero-order chi connectivity index (χ0) is 65.6. The second-order valence-electron chi connectivity index (χ2n) is 25.7. The van der Waals surface area contributed by atoms with Crippen molar-refractivity contribution in [1.82, 2.24) is 0 Å². The fourth-order valence-electron chi connectivity index (χ4n) is 10.6. The van der Waals surface area contributed by atoms with Crippen molar-refractivity contribution >= 4 is 39.5 Å². The zero-order valence-electron chi connectivity index (χ0n) is 57.6. The summed E-state index contributed by atoms with van der Waals surface area (Å²) in [6.45, 7) is 7.13. The number of carbonyl (C=O) groups is 4. The fraction of sp³-hybridized carbons (Fsp3) is 0.943. The van der Waals surface area contributed by atoms with Gasteiger partial charge in [0.05, 0.1) is 26.4 Å². The van der Waals surface area contributed by atoms with Gasteiger partial charge in [0.1, 0.15) is 19.3 Å². The van der Waals surface area contributed by atoms with Crippen LogP contribution in [0.5, 0.6) is 0 Å². The summed E-state index contributed by atoms with van der Waals surface area (Å²) in [7, 11) is -9.89. The molecule has 0 spiro atoms. The molecule has 0 saturated heterocycles. The lowest BCUT2D eigenvalue weighted by molar-refractivity contribution is -0.161. The van der Waals surface area contributed by atoms with Gasteiger partial charge < -0.3 is 33.8 Å². The van der Waals surface area contributed by atoms with Crippen LogP contribution in [0, 0.1) is 5.92 Å². The van der Waals surface area contributed by atoms with Gasteiger partial charge in [0.15, 0.2) is 12.2 Å². The van der Waals surface area contributed by atoms with E-state index in [4.69, 9.17) is 37.0 Å². The van der Waals surface area contributed by atoms with Gasteiger partial charge in [-0.1, -0.05) is 311 Å². The number of ether oxygens (including phenoxy) is 4. The maximum Gasteiger partial charge on any atom is 0.472 e. The highest BCUT2D eigenvalue weighted by molar-refractivity contribution is 7.47. The summed E-state index contributed by atoms with van der Waals surface area (Å²) < 4.78 is 68.2. The molecule has 0 aromatic heterocycles. The Bertz CT molecular complexity index is 1720. The molecule has 0 aliphatic rings. The van der Waals surface area contributed by atoms with Gasteiger partial charge in [-0.2, -0.15) is 0 Å². The van der Waals surface area contributed by atoms with Crippen LogP contribution in [0.2, 0.25) is 0 Å². The van der Waals surface area contributed by atoms with Crippen LogP contribution in [0.3, 0.4) is 0 Å². The van der Waals surface area contributed by atoms with Crippen LogP contribution < -0.4 is 0 Å². The number of esters is 4. The summed E-state index contributed by atoms with van der Waals surface area (Å²) in [6, 6.07) is 0. The average molecular weight is 1310 g/mol. The monoisotopic (exact) mass is 1310 g/mol. The summed E-state index contributed by atoms with van der Waals surface area (Å²) in [6.07, 6.45) is 50.2. The van der Waals surface area contributed by atoms with Crippen molar-refractivity contribution in [3.63, 3.8) is 0 Å². The predicted octanol–water partition coefficient (Wildman–Crippen LogP) is 20.1. The Morgan fingerprint density at radius 3 is 0.764 bits per heavy atom. The van der Waals surface area contributed by atoms with E-state index in [0.29, 0.717) is 31.6 Å². The summed E-state index contributed by atoms with van der Waals surface area (Å²) in [5.74, 6) is -1.46. The molecule has 2 unspecified atom stereocenters. The van der Waals surface area contributed by atoms with Gasteiger partial charge in [0.25, 0.3) is 0 Å². The number of phosphoric acid groups is 2. The number of rotatable bonds is 70. The normalized spacial score (nSPS) is 14.1. The first-order valence-corrected chi connectivity index (χ1v) is 39.6. The molecule has 0 aromatic carbocycles. The van der Waals surface area contributed by atoms with Gasteiger partial charge in [-0.3, -0.25) is 37.3 Å². The zero-order valence-corrected chi connectivity index (χ0v) is 59.4. The molecular formula is C70H136O17P2. The van der Waals surface area contributed by atoms with Crippen LogP contribution in [-0.4, -0.2) is 96.7 Å². The van der Waals surface area contributed by atoms with Gasteiger partial charge >= 0.3 is 39.5 Å². The molecule has 0 heterocycles. The second-order valence-corrected chi connectivity index (χ2v) is 28.7. The molecule has 0 amide bonds. The van der Waals surface area contributed by atoms with Gasteiger partial charge in [0, 0.05) is 25.7 Å². The van der Waals surface area contributed by atoms with Gasteiger partial charge in [-0.25, -0.2) is 9.13 Å². The molecule has 0 rings (SSSR count). The minimum atomic E-state index is -4.95. The minimum absolute atomic E-state index is 0.102. The lowest BCUT2D eigenvalue weighted by atomic mass is 10.0. The number of aliphatic hydroxyl groups is 1. The van der Waals surface area contributed by atoms with E-state index in [2.05, 4.69) is 34.6 Å². The van der Waals surface area contributed by atoms with E-state index in [1.54, 1.807) is 0 Å². The number of unbranched alkanes of at least 4 members (excludes halogenated alkanes) is 42. The molecule has 19 heteroatoms. The summed E-state index contributed by atoms with van der Waals surface area (Å²) in [5.41, 5.74) is 0. The molecule has 0 saturated carbocycles. The minimum Gasteiger partial charge on any atom is -0.462 e. The maximum absolute atomic E-state index is 13.0. The Morgan fingerprint density at radius 1 is 0.303 bits per heavy atom. The molecular weight excluding hydrogens is 1170 g/mol. The average Bonchev–Trinajstić information content (AvgIpc) is 3.68. The predicted molar refractivity (Wildman–Crippen MR) is 358 cm³/mol. The molecule has 89 heavy (non-hydrogen) atoms. The highest BCUT2D eigenvalue weighted by Gasteiger charge is 2.30. The van der Waals surface area contributed by atoms with Crippen LogP contribution in [0.15, 0.2) is 0 Å². The van der Waals surface area contributed by atoms with Crippen molar-refractivity contribution < 1.29 is 80.2 Å². The molecule has 0 fully saturated rings. The Hall–Kier alpha value is -1.94. The lowest BCUT2D eigenvalue weighted by Gasteiger charge is -2.21. The number of hydrogen-bond acceptors (Lipinski definition) is 15. The van der Waals surface area contributed by atoms with Crippen molar-refractivity contribution in [3.8, 4) is 0 Å². The lowest BCUT2D eigenvalue weighted by Crippen LogP contribution is -2.30. The quantitative estimate of drug-likeness (QED) is 0.0222. The van der Waals surface area contributed by atoms with E-state index in [9.17, 15) is 43.2 Å². The summed E-state index contributed by atoms with van der Waals surface area (Å²) >= 11 is 0. The largest absolute Gasteiger partial charge is 0.472 e. The smallest absolute Gasteiger partial charge is 0.462 e. The van der Waals surface area contributed by atoms with E-state index < -0.39 is 97.5 Å². The third kappa shape index (κ3) is 64.6. The number of phosphoric ester groups is 2. The van der Waals surface area contributed by atoms with Gasteiger partial charge in [-0.15, -0.1) is 0 Å². The molecule has 0 radical (unpaired) electrons. The summed E-state index contributed by atoms with van der Waals surface area (Å²) in [5, 5.41) is 10.6. The molecule has 17 nitrogen and oxygen atoms in total. The molecule has 0 bridgehead atoms. The van der Waals surface area contributed by atoms with Crippen LogP contribution in [0.25, 0.3) is 0 Å². The maximum atomic E-state index is 13.0. The third-order valence-corrected chi connectivity index (χ3v) is 18.2. The fourth-order valence-corrected chi connectivity index (χ4v) is 12.2. The van der Waals surface area contributed by atoms with E-state index >= 15 is 0 Å². The first-order valence-electron chi connectivity index (χ1n) is 36.6. The number of aliphatic hydroxyl groups excluding tert-OH is 1. The van der Waals surface area contributed by atoms with Crippen molar-refractivity contribution in [3.05, 3.63) is 0 Å². The highest BCUT2D eigenvalue weighted by atomic mass is 31.2. The van der Waals surface area contributed by atoms with Crippen LogP contribution in [0.1, 0.15) is 362 Å². The SMILES string of the molecule is CCCCCCCCCCCCCCCCCCC(=O)OC[C@H](COP(=O)(O)OC[C@@H](O)COP(=O)(O)OC[C@@H](COC(=O)CCCCCCCCCC)OC(=O)CCCCCCCCC(C)C)OC(=O)CCCCCCCCCCCCCCCCCC. The molecule has 3 N–H and O–H groups in total. The molecule has 0 aromatic rings. The van der Waals surface area contributed by atoms with E-state index in [-0.39, 0.29) is 25.7 Å². The third-order valence-electron chi connectivity index (χ3n) is 16.3. The van der Waals surface area contributed by atoms with Crippen molar-refractivity contribution in [2.24, 2.45) is 5.92 Å². The van der Waals surface area contributed by atoms with Crippen molar-refractivity contribution in [2.45, 2.75) is 380 Å². The van der Waals surface area contributed by atoms with Crippen LogP contribution in [0.4, 0.5) is 0 Å². The number of hydrogen-bond donors (Lipinski definition) is 3. The standard InChI is InChI=1S/C70H136O17P2/c1-6-9-12-15-18-21-23-25-27-29-31-33-35-38-44-49-54-68(73)81-59-65(86-69(74)55-50-45-39-36-34-32-30-28-26-24-22-19-16-13-10-7-2)61-84-88(76,77)82-57-64(71)58-83-89(78,79)85-62-66(60-80-67(72)53-48-43-37-20-17-14-11-8-3)87-70(75)56-51-46-41-40-42-47-52-63(4)5/h63-66,71H,6-62H2,1-5H3,(H,76,77)(H,78,79)/t64-,65-,66-/m1/s1.